The first-order valence-electron chi connectivity index (χ1n) is 4.59. The molecule has 0 spiro atoms. The molecule has 0 rings (SSSR count). The van der Waals surface area contributed by atoms with Gasteiger partial charge in [-0.1, -0.05) is 6.08 Å². The molecule has 0 saturated carbocycles. The van der Waals surface area contributed by atoms with Gasteiger partial charge in [0, 0.05) is 19.4 Å². The van der Waals surface area contributed by atoms with E-state index in [0.29, 0.717) is 0 Å². The Morgan fingerprint density at radius 2 is 1.75 bits per heavy atom. The Kier molecular flexibility index (Phi) is 9.63. The first-order valence-corrected chi connectivity index (χ1v) is 4.59. The van der Waals surface area contributed by atoms with Crippen LogP contribution in [0.1, 0.15) is 38.5 Å². The largest absolute Gasteiger partial charge is 0.396 e. The van der Waals surface area contributed by atoms with Gasteiger partial charge in [0.05, 0.1) is 0 Å². The SMILES string of the molecule is C=CCCCC#CCCCCO. The summed E-state index contributed by atoms with van der Waals surface area (Å²) in [6, 6.07) is 0. The third-order valence-corrected chi connectivity index (χ3v) is 1.54. The van der Waals surface area contributed by atoms with E-state index in [2.05, 4.69) is 18.4 Å². The van der Waals surface area contributed by atoms with Crippen molar-refractivity contribution in [2.45, 2.75) is 38.5 Å². The van der Waals surface area contributed by atoms with E-state index in [1.54, 1.807) is 0 Å². The number of unbranched alkanes of at least 4 members (excludes halogenated alkanes) is 4. The highest BCUT2D eigenvalue weighted by Gasteiger charge is 1.81. The van der Waals surface area contributed by atoms with Gasteiger partial charge in [-0.05, 0) is 25.7 Å². The van der Waals surface area contributed by atoms with Crippen molar-refractivity contribution in [2.24, 2.45) is 0 Å². The molecule has 0 aromatic carbocycles. The lowest BCUT2D eigenvalue weighted by Gasteiger charge is -1.88. The molecule has 0 aromatic heterocycles. The van der Waals surface area contributed by atoms with Crippen LogP contribution >= 0.6 is 0 Å². The van der Waals surface area contributed by atoms with E-state index >= 15 is 0 Å². The highest BCUT2D eigenvalue weighted by atomic mass is 16.2. The highest BCUT2D eigenvalue weighted by molar-refractivity contribution is 4.98. The van der Waals surface area contributed by atoms with Crippen molar-refractivity contribution in [1.82, 2.24) is 0 Å². The van der Waals surface area contributed by atoms with Crippen LogP contribution in [0.5, 0.6) is 0 Å². The van der Waals surface area contributed by atoms with Crippen LogP contribution in [-0.4, -0.2) is 11.7 Å². The van der Waals surface area contributed by atoms with Crippen LogP contribution in [-0.2, 0) is 0 Å². The molecule has 0 aliphatic heterocycles. The highest BCUT2D eigenvalue weighted by Crippen LogP contribution is 1.95. The fraction of sp³-hybridized carbons (Fsp3) is 0.636. The van der Waals surface area contributed by atoms with E-state index in [4.69, 9.17) is 5.11 Å². The number of hydrogen-bond donors (Lipinski definition) is 1. The van der Waals surface area contributed by atoms with Crippen molar-refractivity contribution >= 4 is 0 Å². The lowest BCUT2D eigenvalue weighted by molar-refractivity contribution is 0.285. The number of allylic oxidation sites excluding steroid dienone is 1. The standard InChI is InChI=1S/C11H18O/c1-2-3-4-5-6-7-8-9-10-11-12/h2,12H,1,3-5,8-11H2. The molecule has 1 nitrogen and oxygen atoms in total. The normalized spacial score (nSPS) is 8.75. The summed E-state index contributed by atoms with van der Waals surface area (Å²) < 4.78 is 0. The molecule has 0 atom stereocenters. The Hall–Kier alpha value is -0.740. The maximum absolute atomic E-state index is 8.48. The summed E-state index contributed by atoms with van der Waals surface area (Å²) in [6.07, 6.45) is 7.90. The predicted molar refractivity (Wildman–Crippen MR) is 52.8 cm³/mol. The van der Waals surface area contributed by atoms with E-state index in [1.165, 1.54) is 0 Å². The number of hydrogen-bond acceptors (Lipinski definition) is 1. The molecule has 12 heavy (non-hydrogen) atoms. The van der Waals surface area contributed by atoms with E-state index in [1.807, 2.05) is 6.08 Å². The van der Waals surface area contributed by atoms with Crippen molar-refractivity contribution in [3.8, 4) is 11.8 Å². The zero-order chi connectivity index (χ0) is 9.07. The van der Waals surface area contributed by atoms with Gasteiger partial charge < -0.3 is 5.11 Å². The number of rotatable bonds is 6. The predicted octanol–water partition coefficient (Wildman–Crippen LogP) is 2.51. The Balaban J connectivity index is 3.06. The van der Waals surface area contributed by atoms with E-state index in [-0.39, 0.29) is 6.61 Å². The third-order valence-electron chi connectivity index (χ3n) is 1.54. The molecule has 0 unspecified atom stereocenters. The van der Waals surface area contributed by atoms with Gasteiger partial charge >= 0.3 is 0 Å². The van der Waals surface area contributed by atoms with Crippen LogP contribution in [0.4, 0.5) is 0 Å². The molecule has 0 heterocycles. The minimum absolute atomic E-state index is 0.290. The van der Waals surface area contributed by atoms with Crippen molar-refractivity contribution in [2.75, 3.05) is 6.61 Å². The van der Waals surface area contributed by atoms with Crippen molar-refractivity contribution < 1.29 is 5.11 Å². The average Bonchev–Trinajstić information content (AvgIpc) is 2.10. The monoisotopic (exact) mass is 166 g/mol. The second-order valence-electron chi connectivity index (χ2n) is 2.72. The van der Waals surface area contributed by atoms with E-state index in [0.717, 1.165) is 38.5 Å². The fourth-order valence-electron chi connectivity index (χ4n) is 0.837. The molecule has 0 aromatic rings. The summed E-state index contributed by atoms with van der Waals surface area (Å²) in [6.45, 7) is 3.93. The summed E-state index contributed by atoms with van der Waals surface area (Å²) in [4.78, 5) is 0. The maximum atomic E-state index is 8.48. The van der Waals surface area contributed by atoms with Crippen LogP contribution < -0.4 is 0 Å². The number of aliphatic hydroxyl groups excluding tert-OH is 1. The minimum Gasteiger partial charge on any atom is -0.396 e. The van der Waals surface area contributed by atoms with Crippen molar-refractivity contribution in [1.29, 1.82) is 0 Å². The second kappa shape index (κ2) is 10.3. The summed E-state index contributed by atoms with van der Waals surface area (Å²) >= 11 is 0. The van der Waals surface area contributed by atoms with Gasteiger partial charge in [0.25, 0.3) is 0 Å². The molecule has 0 saturated heterocycles. The van der Waals surface area contributed by atoms with E-state index < -0.39 is 0 Å². The van der Waals surface area contributed by atoms with Crippen LogP contribution in [0.25, 0.3) is 0 Å². The van der Waals surface area contributed by atoms with Crippen molar-refractivity contribution in [3.63, 3.8) is 0 Å². The first kappa shape index (κ1) is 11.3. The topological polar surface area (TPSA) is 20.2 Å². The lowest BCUT2D eigenvalue weighted by Crippen LogP contribution is -1.80. The van der Waals surface area contributed by atoms with Gasteiger partial charge in [0.1, 0.15) is 0 Å². The van der Waals surface area contributed by atoms with Gasteiger partial charge in [0.2, 0.25) is 0 Å². The van der Waals surface area contributed by atoms with Gasteiger partial charge in [-0.3, -0.25) is 0 Å². The fourth-order valence-corrected chi connectivity index (χ4v) is 0.837. The van der Waals surface area contributed by atoms with Gasteiger partial charge in [-0.15, -0.1) is 18.4 Å². The summed E-state index contributed by atoms with van der Waals surface area (Å²) in [7, 11) is 0. The Labute approximate surface area is 75.5 Å². The second-order valence-corrected chi connectivity index (χ2v) is 2.72. The molecule has 0 aliphatic rings. The number of aliphatic hydroxyl groups is 1. The Bertz CT molecular complexity index is 150. The molecule has 1 N–H and O–H groups in total. The van der Waals surface area contributed by atoms with E-state index in [9.17, 15) is 0 Å². The minimum atomic E-state index is 0.290. The zero-order valence-corrected chi connectivity index (χ0v) is 7.68. The molecule has 0 fully saturated rings. The lowest BCUT2D eigenvalue weighted by atomic mass is 10.2. The molecule has 0 amide bonds. The molecular weight excluding hydrogens is 148 g/mol. The summed E-state index contributed by atoms with van der Waals surface area (Å²) in [5.74, 6) is 6.18. The zero-order valence-electron chi connectivity index (χ0n) is 7.68. The maximum Gasteiger partial charge on any atom is 0.0431 e. The van der Waals surface area contributed by atoms with Crippen molar-refractivity contribution in [3.05, 3.63) is 12.7 Å². The van der Waals surface area contributed by atoms with Crippen LogP contribution in [0, 0.1) is 11.8 Å². The molecular formula is C11H18O. The van der Waals surface area contributed by atoms with Crippen LogP contribution in [0.3, 0.4) is 0 Å². The van der Waals surface area contributed by atoms with Crippen LogP contribution in [0.2, 0.25) is 0 Å². The smallest absolute Gasteiger partial charge is 0.0431 e. The molecule has 1 heteroatoms. The molecule has 68 valence electrons. The average molecular weight is 166 g/mol. The first-order chi connectivity index (χ1) is 5.91. The van der Waals surface area contributed by atoms with Gasteiger partial charge in [-0.25, -0.2) is 0 Å². The molecule has 0 bridgehead atoms. The summed E-state index contributed by atoms with van der Waals surface area (Å²) in [5, 5.41) is 8.48. The Morgan fingerprint density at radius 3 is 2.33 bits per heavy atom. The Morgan fingerprint density at radius 1 is 1.08 bits per heavy atom. The molecule has 0 aliphatic carbocycles. The van der Waals surface area contributed by atoms with Crippen LogP contribution in [0.15, 0.2) is 12.7 Å². The quantitative estimate of drug-likeness (QED) is 0.365. The van der Waals surface area contributed by atoms with Gasteiger partial charge in [-0.2, -0.15) is 0 Å². The van der Waals surface area contributed by atoms with Gasteiger partial charge in [0.15, 0.2) is 0 Å². The third kappa shape index (κ3) is 9.26. The summed E-state index contributed by atoms with van der Waals surface area (Å²) in [5.41, 5.74) is 0. The molecule has 0 radical (unpaired) electrons.